The lowest BCUT2D eigenvalue weighted by atomic mass is 9.96. The van der Waals surface area contributed by atoms with Crippen LogP contribution in [0.5, 0.6) is 5.75 Å². The van der Waals surface area contributed by atoms with Gasteiger partial charge in [0.1, 0.15) is 12.4 Å². The summed E-state index contributed by atoms with van der Waals surface area (Å²) in [4.78, 5) is 11.9. The first-order valence-corrected chi connectivity index (χ1v) is 9.57. The van der Waals surface area contributed by atoms with Crippen molar-refractivity contribution in [3.8, 4) is 5.75 Å². The van der Waals surface area contributed by atoms with E-state index in [1.54, 1.807) is 7.05 Å². The van der Waals surface area contributed by atoms with Gasteiger partial charge in [0, 0.05) is 7.05 Å². The predicted octanol–water partition coefficient (Wildman–Crippen LogP) is 4.61. The molecule has 0 atom stereocenters. The van der Waals surface area contributed by atoms with Gasteiger partial charge in [-0.2, -0.15) is 0 Å². The number of likely N-dealkylation sites (N-methyl/N-ethyl adjacent to an activating group) is 1. The third-order valence-electron chi connectivity index (χ3n) is 5.34. The van der Waals surface area contributed by atoms with Gasteiger partial charge in [-0.1, -0.05) is 31.2 Å². The number of carbonyl (C=O) groups excluding carboxylic acids is 1. The van der Waals surface area contributed by atoms with E-state index in [-0.39, 0.29) is 5.91 Å². The van der Waals surface area contributed by atoms with Gasteiger partial charge in [-0.25, -0.2) is 0 Å². The molecule has 0 bridgehead atoms. The first kappa shape index (κ1) is 18.5. The van der Waals surface area contributed by atoms with Gasteiger partial charge in [0.05, 0.1) is 6.42 Å². The quantitative estimate of drug-likeness (QED) is 0.791. The lowest BCUT2D eigenvalue weighted by molar-refractivity contribution is -0.119. The molecule has 138 valence electrons. The lowest BCUT2D eigenvalue weighted by Crippen LogP contribution is -2.21. The number of benzene rings is 2. The first-order valence-electron chi connectivity index (χ1n) is 9.57. The van der Waals surface area contributed by atoms with Crippen LogP contribution >= 0.6 is 0 Å². The molecular weight excluding hydrogens is 322 g/mol. The molecule has 26 heavy (non-hydrogen) atoms. The summed E-state index contributed by atoms with van der Waals surface area (Å²) in [5.41, 5.74) is 7.43. The highest BCUT2D eigenvalue weighted by Crippen LogP contribution is 2.42. The van der Waals surface area contributed by atoms with Crippen LogP contribution in [0.1, 0.15) is 59.1 Å². The molecule has 1 amide bonds. The van der Waals surface area contributed by atoms with Crippen LogP contribution in [-0.4, -0.2) is 13.0 Å². The lowest BCUT2D eigenvalue weighted by Gasteiger charge is -2.17. The summed E-state index contributed by atoms with van der Waals surface area (Å²) >= 11 is 0. The molecule has 0 aliphatic heterocycles. The Morgan fingerprint density at radius 2 is 1.92 bits per heavy atom. The Kier molecular flexibility index (Phi) is 5.65. The van der Waals surface area contributed by atoms with E-state index in [0.29, 0.717) is 18.9 Å². The van der Waals surface area contributed by atoms with E-state index >= 15 is 0 Å². The number of rotatable bonds is 7. The number of hydrogen-bond donors (Lipinski definition) is 1. The smallest absolute Gasteiger partial charge is 0.224 e. The van der Waals surface area contributed by atoms with Gasteiger partial charge in [0.2, 0.25) is 5.91 Å². The van der Waals surface area contributed by atoms with E-state index in [4.69, 9.17) is 4.74 Å². The monoisotopic (exact) mass is 351 g/mol. The fourth-order valence-corrected chi connectivity index (χ4v) is 3.57. The van der Waals surface area contributed by atoms with Crippen LogP contribution in [0.3, 0.4) is 0 Å². The summed E-state index contributed by atoms with van der Waals surface area (Å²) in [6, 6.07) is 10.7. The maximum atomic E-state index is 11.9. The van der Waals surface area contributed by atoms with E-state index in [1.165, 1.54) is 40.7 Å². The van der Waals surface area contributed by atoms with Crippen molar-refractivity contribution in [1.29, 1.82) is 0 Å². The Hall–Kier alpha value is -2.29. The topological polar surface area (TPSA) is 38.3 Å². The number of nitrogens with one attached hydrogen (secondary N) is 1. The SMILES string of the molecule is CCc1cc(C)c(OCc2c(CC(=O)NC)cccc2C2CC2)cc1C. The first-order chi connectivity index (χ1) is 12.5. The Morgan fingerprint density at radius 3 is 2.58 bits per heavy atom. The van der Waals surface area contributed by atoms with Crippen LogP contribution in [0, 0.1) is 13.8 Å². The Bertz CT molecular complexity index is 806. The van der Waals surface area contributed by atoms with Gasteiger partial charge in [-0.05, 0) is 78.5 Å². The molecule has 3 heteroatoms. The van der Waals surface area contributed by atoms with Crippen LogP contribution in [0.25, 0.3) is 0 Å². The second-order valence-electron chi connectivity index (χ2n) is 7.30. The van der Waals surface area contributed by atoms with E-state index in [0.717, 1.165) is 17.7 Å². The average Bonchev–Trinajstić information content (AvgIpc) is 3.47. The Balaban J connectivity index is 1.87. The zero-order chi connectivity index (χ0) is 18.7. The number of aryl methyl sites for hydroxylation is 3. The maximum Gasteiger partial charge on any atom is 0.224 e. The highest BCUT2D eigenvalue weighted by Gasteiger charge is 2.27. The molecule has 2 aromatic rings. The van der Waals surface area contributed by atoms with Crippen LogP contribution in [-0.2, 0) is 24.2 Å². The van der Waals surface area contributed by atoms with Gasteiger partial charge >= 0.3 is 0 Å². The van der Waals surface area contributed by atoms with Crippen LogP contribution in [0.15, 0.2) is 30.3 Å². The minimum Gasteiger partial charge on any atom is -0.489 e. The minimum absolute atomic E-state index is 0.0403. The largest absolute Gasteiger partial charge is 0.489 e. The van der Waals surface area contributed by atoms with E-state index in [9.17, 15) is 4.79 Å². The van der Waals surface area contributed by atoms with Crippen molar-refractivity contribution in [2.24, 2.45) is 0 Å². The van der Waals surface area contributed by atoms with E-state index < -0.39 is 0 Å². The Morgan fingerprint density at radius 1 is 1.15 bits per heavy atom. The molecule has 1 saturated carbocycles. The summed E-state index contributed by atoms with van der Waals surface area (Å²) in [5.74, 6) is 1.61. The standard InChI is InChI=1S/C23H29NO2/c1-5-17-11-16(3)22(12-15(17)2)26-14-21-19(13-23(25)24-4)7-6-8-20(21)18-9-10-18/h6-8,11-12,18H,5,9-10,13-14H2,1-4H3,(H,24,25). The zero-order valence-electron chi connectivity index (χ0n) is 16.3. The molecule has 0 saturated heterocycles. The minimum atomic E-state index is 0.0403. The van der Waals surface area contributed by atoms with Crippen molar-refractivity contribution in [2.75, 3.05) is 7.05 Å². The normalized spacial score (nSPS) is 13.5. The molecule has 1 N–H and O–H groups in total. The summed E-state index contributed by atoms with van der Waals surface area (Å²) < 4.78 is 6.25. The summed E-state index contributed by atoms with van der Waals surface area (Å²) in [7, 11) is 1.69. The number of carbonyl (C=O) groups is 1. The molecule has 0 unspecified atom stereocenters. The molecular formula is C23H29NO2. The van der Waals surface area contributed by atoms with Crippen molar-refractivity contribution in [3.05, 3.63) is 63.7 Å². The molecule has 3 rings (SSSR count). The van der Waals surface area contributed by atoms with Crippen molar-refractivity contribution in [1.82, 2.24) is 5.32 Å². The predicted molar refractivity (Wildman–Crippen MR) is 106 cm³/mol. The highest BCUT2D eigenvalue weighted by molar-refractivity contribution is 5.78. The molecule has 0 aromatic heterocycles. The molecule has 0 heterocycles. The van der Waals surface area contributed by atoms with Gasteiger partial charge < -0.3 is 10.1 Å². The zero-order valence-corrected chi connectivity index (χ0v) is 16.3. The van der Waals surface area contributed by atoms with Gasteiger partial charge in [-0.3, -0.25) is 4.79 Å². The number of ether oxygens (including phenoxy) is 1. The van der Waals surface area contributed by atoms with Gasteiger partial charge in [0.15, 0.2) is 0 Å². The van der Waals surface area contributed by atoms with Crippen molar-refractivity contribution in [3.63, 3.8) is 0 Å². The molecule has 1 aliphatic rings. The Labute approximate surface area is 156 Å². The molecule has 0 radical (unpaired) electrons. The highest BCUT2D eigenvalue weighted by atomic mass is 16.5. The van der Waals surface area contributed by atoms with Crippen molar-refractivity contribution in [2.45, 2.75) is 59.0 Å². The summed E-state index contributed by atoms with van der Waals surface area (Å²) in [6.07, 6.45) is 3.91. The average molecular weight is 351 g/mol. The second kappa shape index (κ2) is 7.94. The molecule has 2 aromatic carbocycles. The third-order valence-corrected chi connectivity index (χ3v) is 5.34. The van der Waals surface area contributed by atoms with Crippen LogP contribution < -0.4 is 10.1 Å². The third kappa shape index (κ3) is 4.09. The van der Waals surface area contributed by atoms with Crippen LogP contribution in [0.4, 0.5) is 0 Å². The maximum absolute atomic E-state index is 11.9. The number of amides is 1. The van der Waals surface area contributed by atoms with Crippen molar-refractivity contribution >= 4 is 5.91 Å². The number of hydrogen-bond acceptors (Lipinski definition) is 2. The molecule has 1 aliphatic carbocycles. The molecule has 1 fully saturated rings. The fourth-order valence-electron chi connectivity index (χ4n) is 3.57. The second-order valence-corrected chi connectivity index (χ2v) is 7.30. The summed E-state index contributed by atoms with van der Waals surface area (Å²) in [5, 5.41) is 2.73. The van der Waals surface area contributed by atoms with E-state index in [1.807, 2.05) is 0 Å². The van der Waals surface area contributed by atoms with Crippen LogP contribution in [0.2, 0.25) is 0 Å². The van der Waals surface area contributed by atoms with E-state index in [2.05, 4.69) is 56.4 Å². The summed E-state index contributed by atoms with van der Waals surface area (Å²) in [6.45, 7) is 6.94. The van der Waals surface area contributed by atoms with Crippen molar-refractivity contribution < 1.29 is 9.53 Å². The van der Waals surface area contributed by atoms with Gasteiger partial charge in [0.25, 0.3) is 0 Å². The molecule has 0 spiro atoms. The molecule has 3 nitrogen and oxygen atoms in total. The van der Waals surface area contributed by atoms with Gasteiger partial charge in [-0.15, -0.1) is 0 Å². The fraction of sp³-hybridized carbons (Fsp3) is 0.435.